The molecule has 1 N–H and O–H groups in total. The molecular weight excluding hydrogens is 475 g/mol. The van der Waals surface area contributed by atoms with Gasteiger partial charge in [-0.05, 0) is 77.8 Å². The van der Waals surface area contributed by atoms with Gasteiger partial charge in [-0.3, -0.25) is 0 Å². The molecule has 2 aliphatic rings. The molecule has 0 radical (unpaired) electrons. The van der Waals surface area contributed by atoms with Gasteiger partial charge < -0.3 is 9.84 Å². The molecule has 0 bridgehead atoms. The van der Waals surface area contributed by atoms with Crippen LogP contribution in [0.5, 0.6) is 5.75 Å². The van der Waals surface area contributed by atoms with E-state index in [1.807, 2.05) is 13.8 Å². The molecular formula is C29H27F5O2. The molecule has 1 aliphatic heterocycles. The minimum Gasteiger partial charge on any atom is -0.487 e. The lowest BCUT2D eigenvalue weighted by atomic mass is 9.71. The fourth-order valence-electron chi connectivity index (χ4n) is 5.42. The number of hydrogen-bond donors (Lipinski definition) is 1. The lowest BCUT2D eigenvalue weighted by Crippen LogP contribution is -2.47. The summed E-state index contributed by atoms with van der Waals surface area (Å²) in [6.07, 6.45) is -4.21. The summed E-state index contributed by atoms with van der Waals surface area (Å²) in [5, 5.41) is 11.3. The Hall–Kier alpha value is -2.93. The van der Waals surface area contributed by atoms with Crippen molar-refractivity contribution < 1.29 is 31.8 Å². The zero-order valence-corrected chi connectivity index (χ0v) is 20.0. The third-order valence-corrected chi connectivity index (χ3v) is 7.43. The first-order valence-corrected chi connectivity index (χ1v) is 12.1. The Morgan fingerprint density at radius 3 is 2.17 bits per heavy atom. The monoisotopic (exact) mass is 502 g/mol. The van der Waals surface area contributed by atoms with Crippen molar-refractivity contribution in [3.63, 3.8) is 0 Å². The predicted octanol–water partition coefficient (Wildman–Crippen LogP) is 8.43. The summed E-state index contributed by atoms with van der Waals surface area (Å²) < 4.78 is 75.9. The largest absolute Gasteiger partial charge is 0.487 e. The van der Waals surface area contributed by atoms with Gasteiger partial charge in [-0.1, -0.05) is 38.1 Å². The summed E-state index contributed by atoms with van der Waals surface area (Å²) in [6.45, 7) is 3.80. The van der Waals surface area contributed by atoms with Crippen molar-refractivity contribution in [3.05, 3.63) is 88.2 Å². The fraction of sp³-hybridized carbons (Fsp3) is 0.379. The van der Waals surface area contributed by atoms with Gasteiger partial charge in [0.15, 0.2) is 6.17 Å². The van der Waals surface area contributed by atoms with Gasteiger partial charge in [-0.25, -0.2) is 8.78 Å². The zero-order valence-electron chi connectivity index (χ0n) is 20.0. The van der Waals surface area contributed by atoms with Crippen LogP contribution in [-0.2, 0) is 6.18 Å². The van der Waals surface area contributed by atoms with E-state index in [2.05, 4.69) is 0 Å². The van der Waals surface area contributed by atoms with Crippen molar-refractivity contribution >= 4 is 0 Å². The summed E-state index contributed by atoms with van der Waals surface area (Å²) in [7, 11) is 0. The van der Waals surface area contributed by atoms with Gasteiger partial charge >= 0.3 is 6.18 Å². The van der Waals surface area contributed by atoms with Crippen LogP contribution < -0.4 is 4.74 Å². The van der Waals surface area contributed by atoms with E-state index in [-0.39, 0.29) is 17.0 Å². The molecule has 2 nitrogen and oxygen atoms in total. The maximum Gasteiger partial charge on any atom is 0.416 e. The van der Waals surface area contributed by atoms with Crippen LogP contribution in [0.15, 0.2) is 54.6 Å². The molecule has 0 aromatic heterocycles. The van der Waals surface area contributed by atoms with Crippen molar-refractivity contribution in [1.29, 1.82) is 0 Å². The number of benzene rings is 3. The lowest BCUT2D eigenvalue weighted by Gasteiger charge is -2.47. The molecule has 1 saturated carbocycles. The van der Waals surface area contributed by atoms with E-state index >= 15 is 4.39 Å². The van der Waals surface area contributed by atoms with Gasteiger partial charge in [0.1, 0.15) is 17.2 Å². The quantitative estimate of drug-likeness (QED) is 0.363. The molecule has 36 heavy (non-hydrogen) atoms. The van der Waals surface area contributed by atoms with E-state index in [0.29, 0.717) is 34.4 Å². The molecule has 1 fully saturated rings. The highest BCUT2D eigenvalue weighted by atomic mass is 19.4. The van der Waals surface area contributed by atoms with Crippen LogP contribution in [0.3, 0.4) is 0 Å². The molecule has 1 heterocycles. The van der Waals surface area contributed by atoms with E-state index < -0.39 is 35.4 Å². The Bertz CT molecular complexity index is 1260. The molecule has 2 atom stereocenters. The van der Waals surface area contributed by atoms with E-state index in [0.717, 1.165) is 43.5 Å². The maximum atomic E-state index is 16.4. The Morgan fingerprint density at radius 2 is 1.64 bits per heavy atom. The molecule has 1 spiro atoms. The highest BCUT2D eigenvalue weighted by Crippen LogP contribution is 2.54. The first kappa shape index (κ1) is 24.8. The van der Waals surface area contributed by atoms with Crippen LogP contribution in [0.2, 0.25) is 0 Å². The summed E-state index contributed by atoms with van der Waals surface area (Å²) in [4.78, 5) is 0. The average molecular weight is 503 g/mol. The average Bonchev–Trinajstić information content (AvgIpc) is 2.81. The molecule has 0 amide bonds. The molecule has 190 valence electrons. The summed E-state index contributed by atoms with van der Waals surface area (Å²) >= 11 is 0. The van der Waals surface area contributed by atoms with Gasteiger partial charge in [0.05, 0.1) is 11.7 Å². The van der Waals surface area contributed by atoms with Crippen LogP contribution in [0.1, 0.15) is 85.5 Å². The second-order valence-electron chi connectivity index (χ2n) is 10.2. The van der Waals surface area contributed by atoms with Gasteiger partial charge in [-0.2, -0.15) is 13.2 Å². The van der Waals surface area contributed by atoms with Gasteiger partial charge in [0.2, 0.25) is 0 Å². The Balaban J connectivity index is 1.74. The van der Waals surface area contributed by atoms with Gasteiger partial charge in [-0.15, -0.1) is 0 Å². The third-order valence-electron chi connectivity index (χ3n) is 7.43. The Kier molecular flexibility index (Phi) is 6.10. The van der Waals surface area contributed by atoms with Crippen LogP contribution in [0.25, 0.3) is 11.1 Å². The minimum absolute atomic E-state index is 0.0647. The van der Waals surface area contributed by atoms with Crippen molar-refractivity contribution in [1.82, 2.24) is 0 Å². The van der Waals surface area contributed by atoms with E-state index in [9.17, 15) is 22.7 Å². The number of alkyl halides is 4. The van der Waals surface area contributed by atoms with Crippen molar-refractivity contribution in [2.75, 3.05) is 0 Å². The highest BCUT2D eigenvalue weighted by Gasteiger charge is 2.47. The zero-order chi connectivity index (χ0) is 25.8. The van der Waals surface area contributed by atoms with E-state index in [4.69, 9.17) is 4.74 Å². The third kappa shape index (κ3) is 4.27. The number of aliphatic hydroxyl groups is 1. The van der Waals surface area contributed by atoms with E-state index in [1.165, 1.54) is 24.3 Å². The first-order chi connectivity index (χ1) is 17.0. The SMILES string of the molecule is CC(C)c1cc2c(c(-c3ccc(F)cc3)c1[C@H](F)c1ccc(C(F)(F)F)cc1)[C@@H](O)CC1(CCC1)O2. The first-order valence-electron chi connectivity index (χ1n) is 12.1. The minimum atomic E-state index is -4.53. The van der Waals surface area contributed by atoms with Crippen molar-refractivity contribution in [3.8, 4) is 16.9 Å². The molecule has 1 aliphatic carbocycles. The molecule has 5 rings (SSSR count). The molecule has 7 heteroatoms. The van der Waals surface area contributed by atoms with Crippen LogP contribution in [0.4, 0.5) is 22.0 Å². The number of hydrogen-bond acceptors (Lipinski definition) is 2. The van der Waals surface area contributed by atoms with Gasteiger partial charge in [0, 0.05) is 17.5 Å². The maximum absolute atomic E-state index is 16.4. The number of halogens is 5. The normalized spacial score (nSPS) is 19.5. The lowest BCUT2D eigenvalue weighted by molar-refractivity contribution is -0.137. The number of aliphatic hydroxyl groups excluding tert-OH is 1. The number of ether oxygens (including phenoxy) is 1. The standard InChI is InChI=1S/C29H27F5O2/c1-16(2)21-14-23-26(22(35)15-28(36-23)12-3-13-28)24(17-6-10-20(30)11-7-17)25(21)27(31)18-4-8-19(9-5-18)29(32,33)34/h4-11,14,16,22,27,35H,3,12-13,15H2,1-2H3/t22-,27+/m0/s1. The molecule has 0 saturated heterocycles. The van der Waals surface area contributed by atoms with Gasteiger partial charge in [0.25, 0.3) is 0 Å². The molecule has 3 aromatic rings. The van der Waals surface area contributed by atoms with Crippen LogP contribution in [0, 0.1) is 5.82 Å². The Morgan fingerprint density at radius 1 is 1.00 bits per heavy atom. The van der Waals surface area contributed by atoms with E-state index in [1.54, 1.807) is 6.07 Å². The van der Waals surface area contributed by atoms with Crippen molar-refractivity contribution in [2.45, 2.75) is 69.5 Å². The highest BCUT2D eigenvalue weighted by molar-refractivity contribution is 5.78. The fourth-order valence-corrected chi connectivity index (χ4v) is 5.42. The smallest absolute Gasteiger partial charge is 0.416 e. The van der Waals surface area contributed by atoms with Crippen LogP contribution >= 0.6 is 0 Å². The number of rotatable bonds is 4. The molecule has 3 aromatic carbocycles. The summed E-state index contributed by atoms with van der Waals surface area (Å²) in [6, 6.07) is 11.4. The summed E-state index contributed by atoms with van der Waals surface area (Å²) in [5.74, 6) is -0.129. The topological polar surface area (TPSA) is 29.5 Å². The predicted molar refractivity (Wildman–Crippen MR) is 127 cm³/mol. The summed E-state index contributed by atoms with van der Waals surface area (Å²) in [5.41, 5.74) is 0.998. The number of fused-ring (bicyclic) bond motifs is 1. The molecule has 0 unspecified atom stereocenters. The van der Waals surface area contributed by atoms with Crippen molar-refractivity contribution in [2.24, 2.45) is 0 Å². The second kappa shape index (κ2) is 8.87. The Labute approximate surface area is 206 Å². The van der Waals surface area contributed by atoms with Crippen LogP contribution in [-0.4, -0.2) is 10.7 Å². The second-order valence-corrected chi connectivity index (χ2v) is 10.2.